The molecule has 70 valence electrons. The molecule has 1 aromatic heterocycles. The van der Waals surface area contributed by atoms with Crippen molar-refractivity contribution in [2.45, 2.75) is 26.3 Å². The lowest BCUT2D eigenvalue weighted by Gasteiger charge is -2.14. The Bertz CT molecular complexity index is 331. The Morgan fingerprint density at radius 2 is 2.54 bits per heavy atom. The second kappa shape index (κ2) is 3.20. The molecule has 0 N–H and O–H groups in total. The molecule has 0 amide bonds. The molecule has 0 radical (unpaired) electrons. The van der Waals surface area contributed by atoms with Crippen LogP contribution in [0.5, 0.6) is 5.88 Å². The molecule has 0 spiro atoms. The third kappa shape index (κ3) is 1.22. The average Bonchev–Trinajstić information content (AvgIpc) is 2.55. The van der Waals surface area contributed by atoms with E-state index in [1.807, 2.05) is 6.92 Å². The third-order valence-corrected chi connectivity index (χ3v) is 2.22. The lowest BCUT2D eigenvalue weighted by molar-refractivity contribution is 0.111. The molecule has 4 heteroatoms. The van der Waals surface area contributed by atoms with Gasteiger partial charge < -0.3 is 4.74 Å². The molecule has 0 fully saturated rings. The lowest BCUT2D eigenvalue weighted by atomic mass is 10.2. The summed E-state index contributed by atoms with van der Waals surface area (Å²) < 4.78 is 7.18. The quantitative estimate of drug-likeness (QED) is 0.639. The molecule has 0 saturated heterocycles. The zero-order valence-electron chi connectivity index (χ0n) is 7.62. The molecule has 2 rings (SSSR count). The SMILES string of the molecule is CCc1nn2c(c1C=O)OCCC2. The van der Waals surface area contributed by atoms with Crippen LogP contribution < -0.4 is 4.74 Å². The minimum Gasteiger partial charge on any atom is -0.477 e. The largest absolute Gasteiger partial charge is 0.477 e. The van der Waals surface area contributed by atoms with E-state index in [1.54, 1.807) is 4.68 Å². The zero-order chi connectivity index (χ0) is 9.26. The van der Waals surface area contributed by atoms with Crippen molar-refractivity contribution in [2.24, 2.45) is 0 Å². The first-order valence-corrected chi connectivity index (χ1v) is 4.54. The van der Waals surface area contributed by atoms with Crippen LogP contribution in [0, 0.1) is 0 Å². The minimum absolute atomic E-state index is 0.627. The van der Waals surface area contributed by atoms with E-state index in [4.69, 9.17) is 4.74 Å². The van der Waals surface area contributed by atoms with Crippen LogP contribution in [-0.2, 0) is 13.0 Å². The van der Waals surface area contributed by atoms with Crippen molar-refractivity contribution in [3.05, 3.63) is 11.3 Å². The van der Waals surface area contributed by atoms with Crippen molar-refractivity contribution in [3.63, 3.8) is 0 Å². The van der Waals surface area contributed by atoms with Crippen molar-refractivity contribution in [1.82, 2.24) is 9.78 Å². The Kier molecular flexibility index (Phi) is 2.04. The van der Waals surface area contributed by atoms with Gasteiger partial charge in [-0.2, -0.15) is 5.10 Å². The number of rotatable bonds is 2. The van der Waals surface area contributed by atoms with Gasteiger partial charge in [-0.15, -0.1) is 0 Å². The molecule has 0 bridgehead atoms. The minimum atomic E-state index is 0.627. The number of carbonyl (C=O) groups excluding carboxylic acids is 1. The first kappa shape index (κ1) is 8.29. The maximum Gasteiger partial charge on any atom is 0.222 e. The molecule has 1 aliphatic rings. The number of aldehydes is 1. The van der Waals surface area contributed by atoms with E-state index in [0.29, 0.717) is 18.1 Å². The fourth-order valence-electron chi connectivity index (χ4n) is 1.57. The number of carbonyl (C=O) groups is 1. The zero-order valence-corrected chi connectivity index (χ0v) is 7.62. The molecule has 1 aromatic rings. The number of aryl methyl sites for hydroxylation is 2. The van der Waals surface area contributed by atoms with Gasteiger partial charge in [0.1, 0.15) is 0 Å². The van der Waals surface area contributed by atoms with E-state index in [1.165, 1.54) is 0 Å². The van der Waals surface area contributed by atoms with Crippen LogP contribution in [0.4, 0.5) is 0 Å². The van der Waals surface area contributed by atoms with Crippen molar-refractivity contribution in [2.75, 3.05) is 6.61 Å². The Labute approximate surface area is 76.5 Å². The number of fused-ring (bicyclic) bond motifs is 1. The van der Waals surface area contributed by atoms with E-state index in [-0.39, 0.29) is 0 Å². The van der Waals surface area contributed by atoms with Crippen molar-refractivity contribution in [3.8, 4) is 5.88 Å². The Balaban J connectivity index is 2.50. The van der Waals surface area contributed by atoms with Crippen LogP contribution in [0.25, 0.3) is 0 Å². The van der Waals surface area contributed by atoms with E-state index in [0.717, 1.165) is 31.4 Å². The topological polar surface area (TPSA) is 44.1 Å². The molecule has 13 heavy (non-hydrogen) atoms. The maximum absolute atomic E-state index is 10.8. The predicted octanol–water partition coefficient (Wildman–Crippen LogP) is 1.04. The van der Waals surface area contributed by atoms with Gasteiger partial charge in [-0.3, -0.25) is 4.79 Å². The summed E-state index contributed by atoms with van der Waals surface area (Å²) in [6.45, 7) is 3.53. The standard InChI is InChI=1S/C9H12N2O2/c1-2-8-7(6-12)9-11(10-8)4-3-5-13-9/h6H,2-5H2,1H3. The summed E-state index contributed by atoms with van der Waals surface area (Å²) in [4.78, 5) is 10.8. The van der Waals surface area contributed by atoms with E-state index >= 15 is 0 Å². The second-order valence-corrected chi connectivity index (χ2v) is 3.06. The van der Waals surface area contributed by atoms with E-state index in [9.17, 15) is 4.79 Å². The Hall–Kier alpha value is -1.32. The molecule has 0 saturated carbocycles. The molecular formula is C9H12N2O2. The highest BCUT2D eigenvalue weighted by atomic mass is 16.5. The van der Waals surface area contributed by atoms with E-state index < -0.39 is 0 Å². The lowest BCUT2D eigenvalue weighted by Crippen LogP contribution is -2.15. The fourth-order valence-corrected chi connectivity index (χ4v) is 1.57. The van der Waals surface area contributed by atoms with Crippen LogP contribution >= 0.6 is 0 Å². The fraction of sp³-hybridized carbons (Fsp3) is 0.556. The third-order valence-electron chi connectivity index (χ3n) is 2.22. The molecular weight excluding hydrogens is 168 g/mol. The summed E-state index contributed by atoms with van der Waals surface area (Å²) in [7, 11) is 0. The van der Waals surface area contributed by atoms with Crippen molar-refractivity contribution >= 4 is 6.29 Å². The van der Waals surface area contributed by atoms with Gasteiger partial charge in [-0.05, 0) is 6.42 Å². The number of hydrogen-bond acceptors (Lipinski definition) is 3. The number of ether oxygens (including phenoxy) is 1. The van der Waals surface area contributed by atoms with Gasteiger partial charge in [-0.1, -0.05) is 6.92 Å². The highest BCUT2D eigenvalue weighted by Gasteiger charge is 2.19. The normalized spacial score (nSPS) is 14.8. The van der Waals surface area contributed by atoms with Gasteiger partial charge in [0.15, 0.2) is 6.29 Å². The summed E-state index contributed by atoms with van der Waals surface area (Å²) >= 11 is 0. The van der Waals surface area contributed by atoms with Crippen LogP contribution in [0.3, 0.4) is 0 Å². The van der Waals surface area contributed by atoms with E-state index in [2.05, 4.69) is 5.10 Å². The van der Waals surface area contributed by atoms with Gasteiger partial charge >= 0.3 is 0 Å². The summed E-state index contributed by atoms with van der Waals surface area (Å²) in [6.07, 6.45) is 2.58. The molecule has 2 heterocycles. The molecule has 1 aliphatic heterocycles. The number of aromatic nitrogens is 2. The summed E-state index contributed by atoms with van der Waals surface area (Å²) in [5.41, 5.74) is 1.47. The van der Waals surface area contributed by atoms with Crippen LogP contribution in [0.1, 0.15) is 29.4 Å². The van der Waals surface area contributed by atoms with Gasteiger partial charge in [0.25, 0.3) is 0 Å². The first-order valence-electron chi connectivity index (χ1n) is 4.54. The molecule has 4 nitrogen and oxygen atoms in total. The highest BCUT2D eigenvalue weighted by Crippen LogP contribution is 2.24. The highest BCUT2D eigenvalue weighted by molar-refractivity contribution is 5.80. The van der Waals surface area contributed by atoms with Crippen LogP contribution in [0.15, 0.2) is 0 Å². The van der Waals surface area contributed by atoms with Crippen molar-refractivity contribution in [1.29, 1.82) is 0 Å². The van der Waals surface area contributed by atoms with Gasteiger partial charge in [0, 0.05) is 13.0 Å². The number of nitrogens with zero attached hydrogens (tertiary/aromatic N) is 2. The summed E-state index contributed by atoms with van der Waals surface area (Å²) in [6, 6.07) is 0. The van der Waals surface area contributed by atoms with Crippen LogP contribution in [0.2, 0.25) is 0 Å². The van der Waals surface area contributed by atoms with Gasteiger partial charge in [0.05, 0.1) is 17.9 Å². The molecule has 0 atom stereocenters. The summed E-state index contributed by atoms with van der Waals surface area (Å²) in [5, 5.41) is 4.30. The molecule has 0 aliphatic carbocycles. The molecule has 0 unspecified atom stereocenters. The second-order valence-electron chi connectivity index (χ2n) is 3.06. The van der Waals surface area contributed by atoms with Gasteiger partial charge in [-0.25, -0.2) is 4.68 Å². The Morgan fingerprint density at radius 1 is 1.69 bits per heavy atom. The average molecular weight is 180 g/mol. The van der Waals surface area contributed by atoms with Gasteiger partial charge in [0.2, 0.25) is 5.88 Å². The molecule has 0 aromatic carbocycles. The van der Waals surface area contributed by atoms with Crippen molar-refractivity contribution < 1.29 is 9.53 Å². The maximum atomic E-state index is 10.8. The monoisotopic (exact) mass is 180 g/mol. The summed E-state index contributed by atoms with van der Waals surface area (Å²) in [5.74, 6) is 0.651. The first-order chi connectivity index (χ1) is 6.36. The smallest absolute Gasteiger partial charge is 0.222 e. The predicted molar refractivity (Wildman–Crippen MR) is 47.1 cm³/mol. The Morgan fingerprint density at radius 3 is 3.23 bits per heavy atom. The van der Waals surface area contributed by atoms with Crippen LogP contribution in [-0.4, -0.2) is 22.7 Å². The number of hydrogen-bond donors (Lipinski definition) is 0.